The summed E-state index contributed by atoms with van der Waals surface area (Å²) in [5, 5.41) is 19.7. The van der Waals surface area contributed by atoms with Crippen molar-refractivity contribution in [2.75, 3.05) is 0 Å². The third-order valence-corrected chi connectivity index (χ3v) is 5.15. The Kier molecular flexibility index (Phi) is 3.51. The summed E-state index contributed by atoms with van der Waals surface area (Å²) in [4.78, 5) is 5.15. The number of fused-ring (bicyclic) bond motifs is 1. The highest BCUT2D eigenvalue weighted by atomic mass is 32.1. The van der Waals surface area contributed by atoms with E-state index in [-0.39, 0.29) is 22.9 Å². The average molecular weight is 353 g/mol. The molecule has 0 bridgehead atoms. The predicted molar refractivity (Wildman–Crippen MR) is 89.8 cm³/mol. The average Bonchev–Trinajstić information content (AvgIpc) is 3.20. The molecule has 0 amide bonds. The highest BCUT2D eigenvalue weighted by molar-refractivity contribution is 7.22. The lowest BCUT2D eigenvalue weighted by molar-refractivity contribution is 0.625. The van der Waals surface area contributed by atoms with Gasteiger partial charge >= 0.3 is 0 Å². The molecule has 0 fully saturated rings. The first kappa shape index (κ1) is 15.4. The zero-order chi connectivity index (χ0) is 17.6. The zero-order valence-corrected chi connectivity index (χ0v) is 13.7. The molecule has 0 saturated carbocycles. The van der Waals surface area contributed by atoms with Crippen LogP contribution in [0.4, 0.5) is 8.78 Å². The number of benzene rings is 1. The van der Waals surface area contributed by atoms with Gasteiger partial charge in [0.2, 0.25) is 0 Å². The van der Waals surface area contributed by atoms with Gasteiger partial charge in [0.25, 0.3) is 0 Å². The van der Waals surface area contributed by atoms with Crippen LogP contribution in [0.5, 0.6) is 0 Å². The standard InChI is InChI=1S/C17H9F2N5S/c1-8-10-6-9(18)2-5-14(10)25-17(8)12-4-3-11(19)15(21-12)16-13(7-20)22-24-23-16/h2-6H,1H3,(H,22,23,24). The number of thiophene rings is 1. The fourth-order valence-corrected chi connectivity index (χ4v) is 3.81. The molecular weight excluding hydrogens is 344 g/mol. The molecule has 0 saturated heterocycles. The molecule has 5 nitrogen and oxygen atoms in total. The fraction of sp³-hybridized carbons (Fsp3) is 0.0588. The van der Waals surface area contributed by atoms with Gasteiger partial charge in [-0.1, -0.05) is 0 Å². The van der Waals surface area contributed by atoms with Crippen molar-refractivity contribution in [1.82, 2.24) is 20.4 Å². The Hall–Kier alpha value is -3.18. The summed E-state index contributed by atoms with van der Waals surface area (Å²) < 4.78 is 28.6. The van der Waals surface area contributed by atoms with Crippen LogP contribution in [0.3, 0.4) is 0 Å². The SMILES string of the molecule is Cc1c(-c2ccc(F)c(-c3n[nH]nc3C#N)n2)sc2ccc(F)cc12. The number of rotatable bonds is 2. The van der Waals surface area contributed by atoms with Gasteiger partial charge in [0, 0.05) is 4.70 Å². The number of hydrogen-bond donors (Lipinski definition) is 1. The molecule has 1 N–H and O–H groups in total. The number of hydrogen-bond acceptors (Lipinski definition) is 5. The second kappa shape index (κ2) is 5.72. The number of pyridine rings is 1. The molecule has 25 heavy (non-hydrogen) atoms. The maximum absolute atomic E-state index is 14.2. The molecule has 0 aliphatic rings. The van der Waals surface area contributed by atoms with Gasteiger partial charge in [-0.15, -0.1) is 16.4 Å². The van der Waals surface area contributed by atoms with Crippen LogP contribution in [0.2, 0.25) is 0 Å². The highest BCUT2D eigenvalue weighted by Crippen LogP contribution is 2.38. The Bertz CT molecular complexity index is 1160. The largest absolute Gasteiger partial charge is 0.242 e. The van der Waals surface area contributed by atoms with E-state index in [2.05, 4.69) is 20.4 Å². The molecule has 0 aliphatic heterocycles. The van der Waals surface area contributed by atoms with Gasteiger partial charge in [-0.3, -0.25) is 0 Å². The number of nitrogens with one attached hydrogen (secondary N) is 1. The van der Waals surface area contributed by atoms with Gasteiger partial charge in [-0.05, 0) is 48.2 Å². The van der Waals surface area contributed by atoms with Gasteiger partial charge < -0.3 is 0 Å². The van der Waals surface area contributed by atoms with E-state index in [1.54, 1.807) is 12.1 Å². The van der Waals surface area contributed by atoms with E-state index in [1.165, 1.54) is 29.5 Å². The minimum Gasteiger partial charge on any atom is -0.242 e. The van der Waals surface area contributed by atoms with Crippen molar-refractivity contribution in [3.05, 3.63) is 53.2 Å². The summed E-state index contributed by atoms with van der Waals surface area (Å²) in [6.07, 6.45) is 0. The first-order valence-corrected chi connectivity index (χ1v) is 8.07. The van der Waals surface area contributed by atoms with Crippen LogP contribution >= 0.6 is 11.3 Å². The van der Waals surface area contributed by atoms with E-state index >= 15 is 0 Å². The van der Waals surface area contributed by atoms with Crippen molar-refractivity contribution in [1.29, 1.82) is 5.26 Å². The van der Waals surface area contributed by atoms with E-state index < -0.39 is 5.82 Å². The molecule has 3 aromatic heterocycles. The maximum atomic E-state index is 14.2. The summed E-state index contributed by atoms with van der Waals surface area (Å²) in [6.45, 7) is 1.87. The van der Waals surface area contributed by atoms with Crippen molar-refractivity contribution >= 4 is 21.4 Å². The minimum atomic E-state index is -0.598. The molecule has 8 heteroatoms. The molecule has 4 rings (SSSR count). The number of aromatic amines is 1. The van der Waals surface area contributed by atoms with Gasteiger partial charge in [0.1, 0.15) is 17.6 Å². The van der Waals surface area contributed by atoms with Crippen LogP contribution in [0.25, 0.3) is 32.0 Å². The number of H-pyrrole nitrogens is 1. The van der Waals surface area contributed by atoms with Crippen LogP contribution in [-0.4, -0.2) is 20.4 Å². The lowest BCUT2D eigenvalue weighted by Crippen LogP contribution is -1.94. The Morgan fingerprint density at radius 3 is 2.76 bits per heavy atom. The normalized spacial score (nSPS) is 11.0. The van der Waals surface area contributed by atoms with Crippen LogP contribution in [0.1, 0.15) is 11.3 Å². The number of halogens is 2. The number of aryl methyl sites for hydroxylation is 1. The van der Waals surface area contributed by atoms with E-state index in [0.29, 0.717) is 5.69 Å². The van der Waals surface area contributed by atoms with Crippen molar-refractivity contribution in [3.8, 4) is 28.0 Å². The maximum Gasteiger partial charge on any atom is 0.192 e. The number of aromatic nitrogens is 4. The van der Waals surface area contributed by atoms with Crippen LogP contribution < -0.4 is 0 Å². The predicted octanol–water partition coefficient (Wildman–Crippen LogP) is 4.21. The summed E-state index contributed by atoms with van der Waals surface area (Å²) >= 11 is 1.45. The molecule has 0 radical (unpaired) electrons. The lowest BCUT2D eigenvalue weighted by atomic mass is 10.1. The van der Waals surface area contributed by atoms with Gasteiger partial charge in [0.05, 0.1) is 10.6 Å². The topological polar surface area (TPSA) is 78.2 Å². The minimum absolute atomic E-state index is 0.0290. The molecule has 1 aromatic carbocycles. The fourth-order valence-electron chi connectivity index (χ4n) is 2.65. The van der Waals surface area contributed by atoms with Crippen molar-refractivity contribution in [3.63, 3.8) is 0 Å². The lowest BCUT2D eigenvalue weighted by Gasteiger charge is -2.04. The quantitative estimate of drug-likeness (QED) is 0.586. The highest BCUT2D eigenvalue weighted by Gasteiger charge is 2.19. The smallest absolute Gasteiger partial charge is 0.192 e. The van der Waals surface area contributed by atoms with Gasteiger partial charge in [-0.2, -0.15) is 15.6 Å². The van der Waals surface area contributed by atoms with Crippen molar-refractivity contribution in [2.24, 2.45) is 0 Å². The van der Waals surface area contributed by atoms with Crippen LogP contribution in [0, 0.1) is 29.9 Å². The van der Waals surface area contributed by atoms with Crippen molar-refractivity contribution < 1.29 is 8.78 Å². The van der Waals surface area contributed by atoms with Gasteiger partial charge in [0.15, 0.2) is 17.2 Å². The molecule has 0 spiro atoms. The number of nitriles is 1. The third-order valence-electron chi connectivity index (χ3n) is 3.85. The van der Waals surface area contributed by atoms with Crippen molar-refractivity contribution in [2.45, 2.75) is 6.92 Å². The molecule has 0 unspecified atom stereocenters. The Labute approximate surface area is 144 Å². The Morgan fingerprint density at radius 2 is 1.96 bits per heavy atom. The molecule has 0 atom stereocenters. The summed E-state index contributed by atoms with van der Waals surface area (Å²) in [5.74, 6) is -0.909. The molecular formula is C17H9F2N5S. The van der Waals surface area contributed by atoms with E-state index in [9.17, 15) is 8.78 Å². The molecule has 4 aromatic rings. The van der Waals surface area contributed by atoms with Crippen LogP contribution in [0.15, 0.2) is 30.3 Å². The summed E-state index contributed by atoms with van der Waals surface area (Å²) in [7, 11) is 0. The van der Waals surface area contributed by atoms with E-state index in [0.717, 1.165) is 20.5 Å². The molecule has 0 aliphatic carbocycles. The Morgan fingerprint density at radius 1 is 1.12 bits per heavy atom. The molecule has 122 valence electrons. The Balaban J connectivity index is 1.92. The second-order valence-corrected chi connectivity index (χ2v) is 6.41. The van der Waals surface area contributed by atoms with E-state index in [4.69, 9.17) is 5.26 Å². The summed E-state index contributed by atoms with van der Waals surface area (Å²) in [5.41, 5.74) is 1.38. The first-order chi connectivity index (χ1) is 12.1. The second-order valence-electron chi connectivity index (χ2n) is 5.36. The number of nitrogens with zero attached hydrogens (tertiary/aromatic N) is 4. The zero-order valence-electron chi connectivity index (χ0n) is 12.8. The van der Waals surface area contributed by atoms with Crippen LogP contribution in [-0.2, 0) is 0 Å². The van der Waals surface area contributed by atoms with Gasteiger partial charge in [-0.25, -0.2) is 13.8 Å². The monoisotopic (exact) mass is 353 g/mol. The first-order valence-electron chi connectivity index (χ1n) is 7.25. The molecule has 3 heterocycles. The summed E-state index contributed by atoms with van der Waals surface area (Å²) in [6, 6.07) is 9.26. The third kappa shape index (κ3) is 2.45. The van der Waals surface area contributed by atoms with E-state index in [1.807, 2.05) is 13.0 Å².